The molecule has 1 N–H and O–H groups in total. The van der Waals surface area contributed by atoms with Crippen LogP contribution in [0.15, 0.2) is 18.2 Å². The summed E-state index contributed by atoms with van der Waals surface area (Å²) in [6, 6.07) is 7.57. The number of benzene rings is 1. The van der Waals surface area contributed by atoms with Crippen LogP contribution in [0.3, 0.4) is 0 Å². The van der Waals surface area contributed by atoms with Crippen molar-refractivity contribution in [3.8, 4) is 0 Å². The van der Waals surface area contributed by atoms with Crippen molar-refractivity contribution < 1.29 is 4.74 Å². The number of piperidine rings is 1. The Morgan fingerprint density at radius 2 is 1.92 bits per heavy atom. The number of nitrogens with zero attached hydrogens (tertiary/aromatic N) is 1. The molecule has 1 atom stereocenters. The van der Waals surface area contributed by atoms with Crippen molar-refractivity contribution in [2.75, 3.05) is 26.7 Å². The molecule has 1 aliphatic heterocycles. The second-order valence-corrected chi connectivity index (χ2v) is 8.53. The zero-order valence-corrected chi connectivity index (χ0v) is 16.0. The Labute approximate surface area is 153 Å². The van der Waals surface area contributed by atoms with Crippen LogP contribution >= 0.6 is 0 Å². The van der Waals surface area contributed by atoms with Crippen LogP contribution in [0.4, 0.5) is 0 Å². The molecule has 2 fully saturated rings. The maximum atomic E-state index is 5.58. The van der Waals surface area contributed by atoms with E-state index in [1.807, 2.05) is 7.11 Å². The topological polar surface area (TPSA) is 24.5 Å². The van der Waals surface area contributed by atoms with Crippen LogP contribution in [-0.2, 0) is 11.2 Å². The second-order valence-electron chi connectivity index (χ2n) is 8.53. The molecule has 3 heteroatoms. The molecule has 0 amide bonds. The SMILES string of the molecule is COC1CCN(C2(CNC3CCc4ccc(C)cc43)CCCC2)CC1. The number of likely N-dealkylation sites (tertiary alicyclic amines) is 1. The van der Waals surface area contributed by atoms with Gasteiger partial charge in [0.2, 0.25) is 0 Å². The molecule has 1 saturated carbocycles. The molecule has 0 aromatic heterocycles. The maximum Gasteiger partial charge on any atom is 0.0595 e. The predicted molar refractivity (Wildman–Crippen MR) is 103 cm³/mol. The molecule has 1 aromatic rings. The van der Waals surface area contributed by atoms with E-state index >= 15 is 0 Å². The normalized spacial score (nSPS) is 26.9. The van der Waals surface area contributed by atoms with E-state index in [4.69, 9.17) is 4.74 Å². The van der Waals surface area contributed by atoms with Crippen LogP contribution in [0.2, 0.25) is 0 Å². The number of fused-ring (bicyclic) bond motifs is 1. The zero-order chi connectivity index (χ0) is 17.3. The van der Waals surface area contributed by atoms with Gasteiger partial charge in [0.1, 0.15) is 0 Å². The fourth-order valence-electron chi connectivity index (χ4n) is 5.45. The summed E-state index contributed by atoms with van der Waals surface area (Å²) in [7, 11) is 1.87. The summed E-state index contributed by atoms with van der Waals surface area (Å²) < 4.78 is 5.58. The van der Waals surface area contributed by atoms with Crippen LogP contribution in [0.25, 0.3) is 0 Å². The summed E-state index contributed by atoms with van der Waals surface area (Å²) in [4.78, 5) is 2.80. The Morgan fingerprint density at radius 3 is 2.64 bits per heavy atom. The van der Waals surface area contributed by atoms with Gasteiger partial charge >= 0.3 is 0 Å². The number of methoxy groups -OCH3 is 1. The van der Waals surface area contributed by atoms with E-state index in [2.05, 4.69) is 35.3 Å². The van der Waals surface area contributed by atoms with E-state index in [0.29, 0.717) is 17.7 Å². The molecule has 1 saturated heterocycles. The fourth-order valence-corrected chi connectivity index (χ4v) is 5.45. The molecule has 3 aliphatic rings. The average Bonchev–Trinajstić information content (AvgIpc) is 3.27. The first-order valence-corrected chi connectivity index (χ1v) is 10.3. The lowest BCUT2D eigenvalue weighted by molar-refractivity contribution is -0.00377. The third-order valence-electron chi connectivity index (χ3n) is 7.04. The van der Waals surface area contributed by atoms with Gasteiger partial charge in [-0.3, -0.25) is 4.90 Å². The molecular formula is C22H34N2O. The number of hydrogen-bond donors (Lipinski definition) is 1. The van der Waals surface area contributed by atoms with Crippen LogP contribution in [0.1, 0.15) is 67.7 Å². The van der Waals surface area contributed by atoms with Gasteiger partial charge < -0.3 is 10.1 Å². The third-order valence-corrected chi connectivity index (χ3v) is 7.04. The van der Waals surface area contributed by atoms with E-state index in [9.17, 15) is 0 Å². The molecule has 2 aliphatic carbocycles. The molecule has 25 heavy (non-hydrogen) atoms. The van der Waals surface area contributed by atoms with Gasteiger partial charge in [-0.1, -0.05) is 36.6 Å². The fraction of sp³-hybridized carbons (Fsp3) is 0.727. The Bertz CT molecular complexity index is 586. The number of nitrogens with one attached hydrogen (secondary N) is 1. The van der Waals surface area contributed by atoms with Gasteiger partial charge in [-0.25, -0.2) is 0 Å². The van der Waals surface area contributed by atoms with Gasteiger partial charge in [-0.2, -0.15) is 0 Å². The summed E-state index contributed by atoms with van der Waals surface area (Å²) in [6.07, 6.45) is 10.9. The first-order valence-electron chi connectivity index (χ1n) is 10.3. The quantitative estimate of drug-likeness (QED) is 0.875. The average molecular weight is 343 g/mol. The van der Waals surface area contributed by atoms with E-state index in [1.165, 1.54) is 70.0 Å². The first-order chi connectivity index (χ1) is 12.2. The van der Waals surface area contributed by atoms with Crippen LogP contribution in [0, 0.1) is 6.92 Å². The highest BCUT2D eigenvalue weighted by Crippen LogP contribution is 2.38. The predicted octanol–water partition coefficient (Wildman–Crippen LogP) is 4.00. The molecule has 0 bridgehead atoms. The number of ether oxygens (including phenoxy) is 1. The van der Waals surface area contributed by atoms with E-state index in [-0.39, 0.29) is 0 Å². The molecule has 1 unspecified atom stereocenters. The Hall–Kier alpha value is -0.900. The minimum absolute atomic E-state index is 0.394. The van der Waals surface area contributed by atoms with Crippen molar-refractivity contribution in [1.82, 2.24) is 10.2 Å². The number of rotatable bonds is 5. The van der Waals surface area contributed by atoms with Gasteiger partial charge in [-0.15, -0.1) is 0 Å². The third kappa shape index (κ3) is 3.51. The van der Waals surface area contributed by atoms with E-state index in [0.717, 1.165) is 6.54 Å². The van der Waals surface area contributed by atoms with E-state index in [1.54, 1.807) is 11.1 Å². The largest absolute Gasteiger partial charge is 0.381 e. The monoisotopic (exact) mass is 342 g/mol. The molecule has 0 radical (unpaired) electrons. The van der Waals surface area contributed by atoms with E-state index < -0.39 is 0 Å². The van der Waals surface area contributed by atoms with Crippen molar-refractivity contribution in [1.29, 1.82) is 0 Å². The first kappa shape index (κ1) is 17.5. The number of aryl methyl sites for hydroxylation is 2. The second kappa shape index (κ2) is 7.38. The molecule has 3 nitrogen and oxygen atoms in total. The minimum Gasteiger partial charge on any atom is -0.381 e. The molecule has 4 rings (SSSR count). The van der Waals surface area contributed by atoms with Crippen LogP contribution < -0.4 is 5.32 Å². The minimum atomic E-state index is 0.394. The maximum absolute atomic E-state index is 5.58. The van der Waals surface area contributed by atoms with Crippen molar-refractivity contribution in [2.24, 2.45) is 0 Å². The summed E-state index contributed by atoms with van der Waals surface area (Å²) in [5, 5.41) is 4.00. The molecule has 1 aromatic carbocycles. The lowest BCUT2D eigenvalue weighted by atomic mass is 9.91. The Kier molecular flexibility index (Phi) is 5.17. The van der Waals surface area contributed by atoms with Crippen LogP contribution in [0.5, 0.6) is 0 Å². The Balaban J connectivity index is 1.43. The molecule has 138 valence electrons. The lowest BCUT2D eigenvalue weighted by Gasteiger charge is -2.45. The zero-order valence-electron chi connectivity index (χ0n) is 16.0. The van der Waals surface area contributed by atoms with Crippen molar-refractivity contribution in [2.45, 2.75) is 76.0 Å². The van der Waals surface area contributed by atoms with Crippen LogP contribution in [-0.4, -0.2) is 43.3 Å². The van der Waals surface area contributed by atoms with Crippen molar-refractivity contribution >= 4 is 0 Å². The highest BCUT2D eigenvalue weighted by molar-refractivity contribution is 5.37. The van der Waals surface area contributed by atoms with Crippen molar-refractivity contribution in [3.05, 3.63) is 34.9 Å². The van der Waals surface area contributed by atoms with Gasteiger partial charge in [-0.05, 0) is 56.6 Å². The molecule has 0 spiro atoms. The van der Waals surface area contributed by atoms with Gasteiger partial charge in [0.15, 0.2) is 0 Å². The van der Waals surface area contributed by atoms with Crippen molar-refractivity contribution in [3.63, 3.8) is 0 Å². The summed E-state index contributed by atoms with van der Waals surface area (Å²) in [6.45, 7) is 5.79. The van der Waals surface area contributed by atoms with Gasteiger partial charge in [0.05, 0.1) is 6.10 Å². The van der Waals surface area contributed by atoms with Gasteiger partial charge in [0, 0.05) is 38.3 Å². The lowest BCUT2D eigenvalue weighted by Crippen LogP contribution is -2.56. The number of hydrogen-bond acceptors (Lipinski definition) is 3. The Morgan fingerprint density at radius 1 is 1.16 bits per heavy atom. The summed E-state index contributed by atoms with van der Waals surface area (Å²) in [5.74, 6) is 0. The molecule has 1 heterocycles. The smallest absolute Gasteiger partial charge is 0.0595 e. The summed E-state index contributed by atoms with van der Waals surface area (Å²) >= 11 is 0. The highest BCUT2D eigenvalue weighted by Gasteiger charge is 2.41. The highest BCUT2D eigenvalue weighted by atomic mass is 16.5. The van der Waals surface area contributed by atoms with Gasteiger partial charge in [0.25, 0.3) is 0 Å². The standard InChI is InChI=1S/C22H34N2O/c1-17-5-6-18-7-8-21(20(18)15-17)23-16-22(11-3-4-12-22)24-13-9-19(25-2)10-14-24/h5-6,15,19,21,23H,3-4,7-14,16H2,1-2H3. The summed E-state index contributed by atoms with van der Waals surface area (Å²) in [5.41, 5.74) is 4.91. The molecular weight excluding hydrogens is 308 g/mol.